The number of nitro groups is 1. The molecular weight excluding hydrogens is 272 g/mol. The Hall–Kier alpha value is -3.07. The molecule has 0 saturated heterocycles. The molecule has 0 saturated carbocycles. The van der Waals surface area contributed by atoms with E-state index in [4.69, 9.17) is 14.7 Å². The molecule has 0 N–H and O–H groups in total. The molecule has 21 heavy (non-hydrogen) atoms. The molecule has 0 spiro atoms. The third kappa shape index (κ3) is 3.48. The first-order valence-electron chi connectivity index (χ1n) is 6.08. The van der Waals surface area contributed by atoms with Gasteiger partial charge in [0.1, 0.15) is 12.4 Å². The fourth-order valence-corrected chi connectivity index (χ4v) is 1.78. The highest BCUT2D eigenvalue weighted by Crippen LogP contribution is 2.31. The van der Waals surface area contributed by atoms with Crippen LogP contribution in [0.2, 0.25) is 0 Å². The second-order valence-corrected chi connectivity index (χ2v) is 4.19. The van der Waals surface area contributed by atoms with Crippen LogP contribution in [0.3, 0.4) is 0 Å². The lowest BCUT2D eigenvalue weighted by molar-refractivity contribution is -0.386. The summed E-state index contributed by atoms with van der Waals surface area (Å²) >= 11 is 0. The number of rotatable bonds is 5. The number of nitro benzene ring substituents is 1. The molecular formula is C15H12N2O4. The maximum Gasteiger partial charge on any atom is 0.314 e. The fraction of sp³-hybridized carbons (Fsp3) is 0.133. The Bertz CT molecular complexity index is 707. The van der Waals surface area contributed by atoms with Crippen LogP contribution >= 0.6 is 0 Å². The predicted octanol–water partition coefficient (Wildman–Crippen LogP) is 3.05. The number of ether oxygens (including phenoxy) is 2. The Morgan fingerprint density at radius 2 is 2.10 bits per heavy atom. The highest BCUT2D eigenvalue weighted by Gasteiger charge is 2.16. The topological polar surface area (TPSA) is 85.4 Å². The summed E-state index contributed by atoms with van der Waals surface area (Å²) in [6.07, 6.45) is 0. The molecule has 2 rings (SSSR count). The average molecular weight is 284 g/mol. The number of nitrogens with zero attached hydrogens (tertiary/aromatic N) is 2. The first kappa shape index (κ1) is 14.3. The van der Waals surface area contributed by atoms with Crippen LogP contribution in [0.15, 0.2) is 42.5 Å². The summed E-state index contributed by atoms with van der Waals surface area (Å²) in [5.41, 5.74) is 1.12. The van der Waals surface area contributed by atoms with E-state index >= 15 is 0 Å². The van der Waals surface area contributed by atoms with E-state index in [2.05, 4.69) is 0 Å². The van der Waals surface area contributed by atoms with E-state index in [1.54, 1.807) is 30.3 Å². The Kier molecular flexibility index (Phi) is 4.36. The van der Waals surface area contributed by atoms with Gasteiger partial charge in [0.05, 0.1) is 29.7 Å². The molecule has 2 aromatic rings. The molecule has 0 radical (unpaired) electrons. The highest BCUT2D eigenvalue weighted by atomic mass is 16.6. The molecule has 0 unspecified atom stereocenters. The lowest BCUT2D eigenvalue weighted by Crippen LogP contribution is -2.00. The minimum Gasteiger partial charge on any atom is -0.496 e. The molecule has 0 aromatic heterocycles. The Morgan fingerprint density at radius 3 is 2.76 bits per heavy atom. The van der Waals surface area contributed by atoms with Crippen molar-refractivity contribution in [1.29, 1.82) is 5.26 Å². The maximum absolute atomic E-state index is 11.0. The van der Waals surface area contributed by atoms with Crippen molar-refractivity contribution < 1.29 is 14.4 Å². The maximum atomic E-state index is 11.0. The van der Waals surface area contributed by atoms with E-state index in [0.29, 0.717) is 11.3 Å². The van der Waals surface area contributed by atoms with Gasteiger partial charge in [0.15, 0.2) is 5.75 Å². The molecule has 0 amide bonds. The SMILES string of the molecule is COc1ccc(OCc2cccc(C#N)c2)c([N+](=O)[O-])c1. The molecule has 106 valence electrons. The summed E-state index contributed by atoms with van der Waals surface area (Å²) in [6, 6.07) is 13.3. The molecule has 0 aliphatic carbocycles. The fourth-order valence-electron chi connectivity index (χ4n) is 1.78. The van der Waals surface area contributed by atoms with E-state index in [9.17, 15) is 10.1 Å². The lowest BCUT2D eigenvalue weighted by atomic mass is 10.1. The second kappa shape index (κ2) is 6.39. The van der Waals surface area contributed by atoms with E-state index < -0.39 is 4.92 Å². The molecule has 2 aromatic carbocycles. The van der Waals surface area contributed by atoms with Crippen LogP contribution in [-0.4, -0.2) is 12.0 Å². The summed E-state index contributed by atoms with van der Waals surface area (Å²) in [5, 5.41) is 19.9. The van der Waals surface area contributed by atoms with Crippen LogP contribution in [0, 0.1) is 21.4 Å². The number of hydrogen-bond acceptors (Lipinski definition) is 5. The largest absolute Gasteiger partial charge is 0.496 e. The van der Waals surface area contributed by atoms with Crippen molar-refractivity contribution in [3.63, 3.8) is 0 Å². The molecule has 6 heteroatoms. The number of methoxy groups -OCH3 is 1. The standard InChI is InChI=1S/C15H12N2O4/c1-20-13-5-6-15(14(8-13)17(18)19)21-10-12-4-2-3-11(7-12)9-16/h2-8H,10H2,1H3. The third-order valence-corrected chi connectivity index (χ3v) is 2.81. The summed E-state index contributed by atoms with van der Waals surface area (Å²) in [4.78, 5) is 10.5. The van der Waals surface area contributed by atoms with Crippen LogP contribution in [-0.2, 0) is 6.61 Å². The molecule has 6 nitrogen and oxygen atoms in total. The van der Waals surface area contributed by atoms with Crippen molar-refractivity contribution >= 4 is 5.69 Å². The van der Waals surface area contributed by atoms with Gasteiger partial charge in [0.2, 0.25) is 0 Å². The zero-order valence-electron chi connectivity index (χ0n) is 11.3. The number of nitriles is 1. The van der Waals surface area contributed by atoms with E-state index in [-0.39, 0.29) is 18.0 Å². The van der Waals surface area contributed by atoms with Gasteiger partial charge in [0, 0.05) is 0 Å². The van der Waals surface area contributed by atoms with Crippen LogP contribution in [0.5, 0.6) is 11.5 Å². The van der Waals surface area contributed by atoms with Gasteiger partial charge in [-0.1, -0.05) is 12.1 Å². The summed E-state index contributed by atoms with van der Waals surface area (Å²) in [6.45, 7) is 0.142. The van der Waals surface area contributed by atoms with Gasteiger partial charge in [-0.2, -0.15) is 5.26 Å². The average Bonchev–Trinajstić information content (AvgIpc) is 2.52. The summed E-state index contributed by atoms with van der Waals surface area (Å²) in [7, 11) is 1.44. The molecule has 0 aliphatic rings. The van der Waals surface area contributed by atoms with E-state index in [1.807, 2.05) is 6.07 Å². The van der Waals surface area contributed by atoms with Crippen molar-refractivity contribution in [2.75, 3.05) is 7.11 Å². The smallest absolute Gasteiger partial charge is 0.314 e. The molecule has 0 heterocycles. The van der Waals surface area contributed by atoms with Gasteiger partial charge in [-0.15, -0.1) is 0 Å². The van der Waals surface area contributed by atoms with Gasteiger partial charge < -0.3 is 9.47 Å². The third-order valence-electron chi connectivity index (χ3n) is 2.81. The zero-order valence-corrected chi connectivity index (χ0v) is 11.3. The minimum atomic E-state index is -0.524. The predicted molar refractivity (Wildman–Crippen MR) is 75.1 cm³/mol. The quantitative estimate of drug-likeness (QED) is 0.622. The van der Waals surface area contributed by atoms with Gasteiger partial charge in [0.25, 0.3) is 0 Å². The Labute approximate surface area is 121 Å². The Morgan fingerprint density at radius 1 is 1.29 bits per heavy atom. The summed E-state index contributed by atoms with van der Waals surface area (Å²) in [5.74, 6) is 0.545. The van der Waals surface area contributed by atoms with Gasteiger partial charge >= 0.3 is 5.69 Å². The van der Waals surface area contributed by atoms with Crippen molar-refractivity contribution in [2.24, 2.45) is 0 Å². The van der Waals surface area contributed by atoms with E-state index in [0.717, 1.165) is 5.56 Å². The van der Waals surface area contributed by atoms with Crippen LogP contribution in [0.25, 0.3) is 0 Å². The molecule has 0 bridgehead atoms. The van der Waals surface area contributed by atoms with Crippen LogP contribution in [0.1, 0.15) is 11.1 Å². The summed E-state index contributed by atoms with van der Waals surface area (Å²) < 4.78 is 10.4. The Balaban J connectivity index is 2.19. The lowest BCUT2D eigenvalue weighted by Gasteiger charge is -2.08. The monoisotopic (exact) mass is 284 g/mol. The van der Waals surface area contributed by atoms with Gasteiger partial charge in [-0.25, -0.2) is 0 Å². The first-order chi connectivity index (χ1) is 10.1. The second-order valence-electron chi connectivity index (χ2n) is 4.19. The highest BCUT2D eigenvalue weighted by molar-refractivity contribution is 5.51. The first-order valence-corrected chi connectivity index (χ1v) is 6.08. The normalized spacial score (nSPS) is 9.71. The molecule has 0 atom stereocenters. The van der Waals surface area contributed by atoms with Crippen molar-refractivity contribution in [3.05, 3.63) is 63.7 Å². The van der Waals surface area contributed by atoms with Crippen molar-refractivity contribution in [1.82, 2.24) is 0 Å². The van der Waals surface area contributed by atoms with Crippen LogP contribution < -0.4 is 9.47 Å². The van der Waals surface area contributed by atoms with Crippen molar-refractivity contribution in [2.45, 2.75) is 6.61 Å². The van der Waals surface area contributed by atoms with Gasteiger partial charge in [-0.3, -0.25) is 10.1 Å². The number of benzene rings is 2. The van der Waals surface area contributed by atoms with Crippen molar-refractivity contribution in [3.8, 4) is 17.6 Å². The van der Waals surface area contributed by atoms with Gasteiger partial charge in [-0.05, 0) is 29.8 Å². The molecule has 0 aliphatic heterocycles. The minimum absolute atomic E-state index is 0.142. The molecule has 0 fully saturated rings. The van der Waals surface area contributed by atoms with Crippen LogP contribution in [0.4, 0.5) is 5.69 Å². The zero-order chi connectivity index (χ0) is 15.2. The van der Waals surface area contributed by atoms with E-state index in [1.165, 1.54) is 19.2 Å². The number of hydrogen-bond donors (Lipinski definition) is 0.